The summed E-state index contributed by atoms with van der Waals surface area (Å²) in [6.45, 7) is 2.01. The van der Waals surface area contributed by atoms with Gasteiger partial charge in [0.05, 0.1) is 6.04 Å². The lowest BCUT2D eigenvalue weighted by molar-refractivity contribution is 0.739. The molecule has 2 rings (SSSR count). The lowest BCUT2D eigenvalue weighted by Crippen LogP contribution is -2.40. The average Bonchev–Trinajstić information content (AvgIpc) is 2.17. The number of hydrogen-bond donors (Lipinski definition) is 2. The van der Waals surface area contributed by atoms with Crippen LogP contribution < -0.4 is 10.6 Å². The molecular weight excluding hydrogens is 272 g/mol. The topological polar surface area (TPSA) is 24.1 Å². The second kappa shape index (κ2) is 4.33. The third kappa shape index (κ3) is 2.58. The Morgan fingerprint density at radius 2 is 1.93 bits per heavy atom. The van der Waals surface area contributed by atoms with Gasteiger partial charge in [0.1, 0.15) is 0 Å². The molecule has 15 heavy (non-hydrogen) atoms. The van der Waals surface area contributed by atoms with Crippen LogP contribution in [0.2, 0.25) is 0 Å². The number of thiocarbonyl (C=S) groups is 1. The Balaban J connectivity index is 2.27. The Morgan fingerprint density at radius 1 is 1.27 bits per heavy atom. The number of benzene rings is 1. The van der Waals surface area contributed by atoms with E-state index >= 15 is 0 Å². The van der Waals surface area contributed by atoms with Gasteiger partial charge in [0.2, 0.25) is 0 Å². The summed E-state index contributed by atoms with van der Waals surface area (Å²) in [7, 11) is 0. The van der Waals surface area contributed by atoms with E-state index in [9.17, 15) is 0 Å². The summed E-state index contributed by atoms with van der Waals surface area (Å²) >= 11 is 8.53. The van der Waals surface area contributed by atoms with Crippen molar-refractivity contribution in [3.63, 3.8) is 0 Å². The summed E-state index contributed by atoms with van der Waals surface area (Å²) < 4.78 is 1.09. The normalized spacial score (nSPS) is 20.3. The van der Waals surface area contributed by atoms with Crippen LogP contribution in [0.5, 0.6) is 0 Å². The Morgan fingerprint density at radius 3 is 2.53 bits per heavy atom. The fraction of sp³-hybridized carbons (Fsp3) is 0.182. The zero-order valence-corrected chi connectivity index (χ0v) is 10.7. The second-order valence-corrected chi connectivity index (χ2v) is 4.80. The second-order valence-electron chi connectivity index (χ2n) is 3.48. The smallest absolute Gasteiger partial charge is 0.171 e. The van der Waals surface area contributed by atoms with E-state index in [2.05, 4.69) is 44.8 Å². The van der Waals surface area contributed by atoms with Crippen molar-refractivity contribution in [2.24, 2.45) is 0 Å². The van der Waals surface area contributed by atoms with E-state index in [0.717, 1.165) is 10.2 Å². The summed E-state index contributed by atoms with van der Waals surface area (Å²) in [5, 5.41) is 6.96. The van der Waals surface area contributed by atoms with Crippen LogP contribution in [-0.2, 0) is 0 Å². The first kappa shape index (κ1) is 10.6. The van der Waals surface area contributed by atoms with Gasteiger partial charge in [-0.3, -0.25) is 0 Å². The molecule has 0 amide bonds. The fourth-order valence-corrected chi connectivity index (χ4v) is 2.09. The number of hydrogen-bond acceptors (Lipinski definition) is 1. The van der Waals surface area contributed by atoms with Crippen molar-refractivity contribution in [2.45, 2.75) is 13.0 Å². The summed E-state index contributed by atoms with van der Waals surface area (Å²) in [4.78, 5) is 0. The van der Waals surface area contributed by atoms with Crippen LogP contribution in [-0.4, -0.2) is 5.11 Å². The van der Waals surface area contributed by atoms with Gasteiger partial charge in [0.15, 0.2) is 5.11 Å². The first-order valence-electron chi connectivity index (χ1n) is 4.66. The monoisotopic (exact) mass is 282 g/mol. The number of allylic oxidation sites excluding steroid dienone is 1. The molecule has 1 atom stereocenters. The van der Waals surface area contributed by atoms with Crippen molar-refractivity contribution in [1.29, 1.82) is 0 Å². The quantitative estimate of drug-likeness (QED) is 0.775. The minimum absolute atomic E-state index is 0.173. The van der Waals surface area contributed by atoms with Gasteiger partial charge < -0.3 is 10.6 Å². The SMILES string of the molecule is CC1=CC(c2ccc(Br)cc2)NC(=S)N1. The maximum absolute atomic E-state index is 5.11. The van der Waals surface area contributed by atoms with Gasteiger partial charge in [-0.2, -0.15) is 0 Å². The van der Waals surface area contributed by atoms with Crippen molar-refractivity contribution in [1.82, 2.24) is 10.6 Å². The predicted octanol–water partition coefficient (Wildman–Crippen LogP) is 2.87. The average molecular weight is 283 g/mol. The molecule has 0 bridgehead atoms. The Hall–Kier alpha value is -0.870. The highest BCUT2D eigenvalue weighted by molar-refractivity contribution is 9.10. The molecule has 1 aliphatic rings. The Kier molecular flexibility index (Phi) is 3.07. The summed E-state index contributed by atoms with van der Waals surface area (Å²) in [5.74, 6) is 0. The van der Waals surface area contributed by atoms with Crippen molar-refractivity contribution in [2.75, 3.05) is 0 Å². The molecule has 2 N–H and O–H groups in total. The molecule has 78 valence electrons. The van der Waals surface area contributed by atoms with Crippen LogP contribution in [0.4, 0.5) is 0 Å². The molecule has 0 aliphatic carbocycles. The molecule has 0 saturated heterocycles. The number of halogens is 1. The first-order valence-corrected chi connectivity index (χ1v) is 5.87. The van der Waals surface area contributed by atoms with E-state index in [1.807, 2.05) is 19.1 Å². The summed E-state index contributed by atoms with van der Waals surface area (Å²) in [6, 6.07) is 8.40. The largest absolute Gasteiger partial charge is 0.352 e. The minimum Gasteiger partial charge on any atom is -0.352 e. The molecule has 0 saturated carbocycles. The Labute approximate surface area is 103 Å². The molecule has 1 aromatic rings. The zero-order valence-electron chi connectivity index (χ0n) is 8.25. The molecule has 1 aliphatic heterocycles. The molecule has 1 unspecified atom stereocenters. The van der Waals surface area contributed by atoms with Crippen molar-refractivity contribution < 1.29 is 0 Å². The molecular formula is C11H11BrN2S. The predicted molar refractivity (Wildman–Crippen MR) is 69.5 cm³/mol. The fourth-order valence-electron chi connectivity index (χ4n) is 1.54. The van der Waals surface area contributed by atoms with Gasteiger partial charge in [0.25, 0.3) is 0 Å². The van der Waals surface area contributed by atoms with Gasteiger partial charge >= 0.3 is 0 Å². The van der Waals surface area contributed by atoms with Gasteiger partial charge in [-0.05, 0) is 42.9 Å². The summed E-state index contributed by atoms with van der Waals surface area (Å²) in [5.41, 5.74) is 2.30. The highest BCUT2D eigenvalue weighted by Gasteiger charge is 2.14. The van der Waals surface area contributed by atoms with Crippen LogP contribution in [0, 0.1) is 0 Å². The van der Waals surface area contributed by atoms with Gasteiger partial charge in [-0.15, -0.1) is 0 Å². The van der Waals surface area contributed by atoms with Crippen molar-refractivity contribution >= 4 is 33.3 Å². The molecule has 0 fully saturated rings. The maximum Gasteiger partial charge on any atom is 0.171 e. The molecule has 0 aromatic heterocycles. The van der Waals surface area contributed by atoms with Crippen LogP contribution in [0.25, 0.3) is 0 Å². The lowest BCUT2D eigenvalue weighted by Gasteiger charge is -2.24. The van der Waals surface area contributed by atoms with Crippen LogP contribution in [0.3, 0.4) is 0 Å². The van der Waals surface area contributed by atoms with E-state index in [0.29, 0.717) is 5.11 Å². The third-order valence-corrected chi connectivity index (χ3v) is 2.99. The zero-order chi connectivity index (χ0) is 10.8. The van der Waals surface area contributed by atoms with Gasteiger partial charge in [-0.1, -0.05) is 28.1 Å². The highest BCUT2D eigenvalue weighted by atomic mass is 79.9. The van der Waals surface area contributed by atoms with Crippen molar-refractivity contribution in [3.05, 3.63) is 46.1 Å². The van der Waals surface area contributed by atoms with Crippen molar-refractivity contribution in [3.8, 4) is 0 Å². The summed E-state index contributed by atoms with van der Waals surface area (Å²) in [6.07, 6.45) is 2.12. The van der Waals surface area contributed by atoms with Crippen LogP contribution in [0.1, 0.15) is 18.5 Å². The van der Waals surface area contributed by atoms with E-state index < -0.39 is 0 Å². The number of nitrogens with one attached hydrogen (secondary N) is 2. The van der Waals surface area contributed by atoms with Gasteiger partial charge in [0, 0.05) is 10.2 Å². The molecule has 2 nitrogen and oxygen atoms in total. The van der Waals surface area contributed by atoms with Crippen LogP contribution in [0.15, 0.2) is 40.5 Å². The maximum atomic E-state index is 5.11. The first-order chi connectivity index (χ1) is 7.15. The highest BCUT2D eigenvalue weighted by Crippen LogP contribution is 2.20. The molecule has 0 radical (unpaired) electrons. The van der Waals surface area contributed by atoms with E-state index in [4.69, 9.17) is 12.2 Å². The Bertz CT molecular complexity index is 411. The molecule has 0 spiro atoms. The molecule has 4 heteroatoms. The lowest BCUT2D eigenvalue weighted by atomic mass is 10.1. The van der Waals surface area contributed by atoms with E-state index in [1.54, 1.807) is 0 Å². The van der Waals surface area contributed by atoms with Gasteiger partial charge in [-0.25, -0.2) is 0 Å². The molecule has 1 heterocycles. The minimum atomic E-state index is 0.173. The van der Waals surface area contributed by atoms with E-state index in [-0.39, 0.29) is 6.04 Å². The standard InChI is InChI=1S/C11H11BrN2S/c1-7-6-10(14-11(15)13-7)8-2-4-9(12)5-3-8/h2-6,10H,1H3,(H2,13,14,15). The number of rotatable bonds is 1. The molecule has 1 aromatic carbocycles. The van der Waals surface area contributed by atoms with Crippen LogP contribution >= 0.6 is 28.1 Å². The van der Waals surface area contributed by atoms with E-state index in [1.165, 1.54) is 5.56 Å². The third-order valence-electron chi connectivity index (χ3n) is 2.24.